The third-order valence-electron chi connectivity index (χ3n) is 3.02. The minimum absolute atomic E-state index is 0.285. The summed E-state index contributed by atoms with van der Waals surface area (Å²) in [7, 11) is -3.34. The molecule has 0 spiro atoms. The number of thiophene rings is 1. The van der Waals surface area contributed by atoms with Gasteiger partial charge in [-0.2, -0.15) is 4.31 Å². The van der Waals surface area contributed by atoms with Gasteiger partial charge < -0.3 is 5.73 Å². The van der Waals surface area contributed by atoms with Crippen LogP contribution in [0.15, 0.2) is 16.3 Å². The molecule has 0 bridgehead atoms. The SMILES string of the molecule is CCN(CC1CC1)S(=O)(=O)c1ccsc1CN. The Morgan fingerprint density at radius 1 is 1.53 bits per heavy atom. The Kier molecular flexibility index (Phi) is 3.87. The van der Waals surface area contributed by atoms with Gasteiger partial charge in [-0.25, -0.2) is 8.42 Å². The fourth-order valence-electron chi connectivity index (χ4n) is 1.83. The molecule has 0 unspecified atom stereocenters. The lowest BCUT2D eigenvalue weighted by Crippen LogP contribution is -2.33. The molecule has 2 N–H and O–H groups in total. The van der Waals surface area contributed by atoms with Gasteiger partial charge in [0.25, 0.3) is 0 Å². The lowest BCUT2D eigenvalue weighted by Gasteiger charge is -2.20. The maximum Gasteiger partial charge on any atom is 0.244 e. The van der Waals surface area contributed by atoms with E-state index in [9.17, 15) is 8.42 Å². The summed E-state index contributed by atoms with van der Waals surface area (Å²) in [6.45, 7) is 3.35. The molecule has 0 radical (unpaired) electrons. The highest BCUT2D eigenvalue weighted by molar-refractivity contribution is 7.89. The van der Waals surface area contributed by atoms with E-state index in [2.05, 4.69) is 0 Å². The Morgan fingerprint density at radius 2 is 2.24 bits per heavy atom. The smallest absolute Gasteiger partial charge is 0.244 e. The van der Waals surface area contributed by atoms with Gasteiger partial charge in [-0.05, 0) is 30.2 Å². The third-order valence-corrected chi connectivity index (χ3v) is 6.12. The number of hydrogen-bond acceptors (Lipinski definition) is 4. The Hall–Kier alpha value is -0.430. The first kappa shape index (κ1) is 13.0. The molecule has 1 aliphatic carbocycles. The van der Waals surface area contributed by atoms with Crippen LogP contribution in [0.2, 0.25) is 0 Å². The maximum absolute atomic E-state index is 12.4. The Bertz CT molecular complexity index is 477. The van der Waals surface area contributed by atoms with E-state index in [1.54, 1.807) is 15.8 Å². The van der Waals surface area contributed by atoms with Crippen molar-refractivity contribution in [1.29, 1.82) is 0 Å². The van der Waals surface area contributed by atoms with Crippen molar-refractivity contribution in [3.05, 3.63) is 16.3 Å². The number of nitrogens with zero attached hydrogens (tertiary/aromatic N) is 1. The van der Waals surface area contributed by atoms with Crippen molar-refractivity contribution in [3.63, 3.8) is 0 Å². The van der Waals surface area contributed by atoms with Crippen LogP contribution in [-0.2, 0) is 16.6 Å². The lowest BCUT2D eigenvalue weighted by atomic mass is 10.4. The summed E-state index contributed by atoms with van der Waals surface area (Å²) in [6, 6.07) is 1.66. The van der Waals surface area contributed by atoms with Gasteiger partial charge in [0.15, 0.2) is 0 Å². The van der Waals surface area contributed by atoms with Crippen LogP contribution in [0.5, 0.6) is 0 Å². The second kappa shape index (κ2) is 5.06. The number of sulfonamides is 1. The molecule has 0 saturated heterocycles. The van der Waals surface area contributed by atoms with Gasteiger partial charge in [-0.3, -0.25) is 0 Å². The van der Waals surface area contributed by atoms with Gasteiger partial charge in [-0.15, -0.1) is 11.3 Å². The Labute approximate surface area is 106 Å². The van der Waals surface area contributed by atoms with E-state index in [1.807, 2.05) is 6.92 Å². The molecule has 1 saturated carbocycles. The first-order valence-electron chi connectivity index (χ1n) is 5.86. The van der Waals surface area contributed by atoms with E-state index < -0.39 is 10.0 Å². The van der Waals surface area contributed by atoms with Gasteiger partial charge in [0, 0.05) is 24.5 Å². The molecule has 0 amide bonds. The zero-order valence-corrected chi connectivity index (χ0v) is 11.6. The van der Waals surface area contributed by atoms with Crippen molar-refractivity contribution < 1.29 is 8.42 Å². The molecule has 1 aromatic heterocycles. The number of rotatable bonds is 6. The van der Waals surface area contributed by atoms with E-state index in [0.717, 1.165) is 17.7 Å². The molecule has 1 heterocycles. The van der Waals surface area contributed by atoms with E-state index in [0.29, 0.717) is 23.9 Å². The van der Waals surface area contributed by atoms with Crippen molar-refractivity contribution >= 4 is 21.4 Å². The van der Waals surface area contributed by atoms with Crippen molar-refractivity contribution in [3.8, 4) is 0 Å². The van der Waals surface area contributed by atoms with Gasteiger partial charge in [0.1, 0.15) is 0 Å². The van der Waals surface area contributed by atoms with E-state index in [4.69, 9.17) is 5.73 Å². The normalized spacial score (nSPS) is 16.6. The molecule has 0 atom stereocenters. The Balaban J connectivity index is 2.26. The summed E-state index contributed by atoms with van der Waals surface area (Å²) in [5, 5.41) is 1.79. The average molecular weight is 274 g/mol. The topological polar surface area (TPSA) is 63.4 Å². The fraction of sp³-hybridized carbons (Fsp3) is 0.636. The fourth-order valence-corrected chi connectivity index (χ4v) is 4.66. The minimum atomic E-state index is -3.34. The number of nitrogens with two attached hydrogens (primary N) is 1. The van der Waals surface area contributed by atoms with Gasteiger partial charge in [0.2, 0.25) is 10.0 Å². The average Bonchev–Trinajstić information content (AvgIpc) is 2.99. The standard InChI is InChI=1S/C11H18N2O2S2/c1-2-13(8-9-3-4-9)17(14,15)11-5-6-16-10(11)7-12/h5-6,9H,2-4,7-8,12H2,1H3. The number of hydrogen-bond donors (Lipinski definition) is 1. The second-order valence-electron chi connectivity index (χ2n) is 4.31. The van der Waals surface area contributed by atoms with Crippen LogP contribution in [0.25, 0.3) is 0 Å². The summed E-state index contributed by atoms with van der Waals surface area (Å²) in [4.78, 5) is 1.15. The third kappa shape index (κ3) is 2.70. The van der Waals surface area contributed by atoms with Crippen molar-refractivity contribution in [2.24, 2.45) is 11.7 Å². The zero-order chi connectivity index (χ0) is 12.5. The van der Waals surface area contributed by atoms with Crippen LogP contribution in [0.4, 0.5) is 0 Å². The lowest BCUT2D eigenvalue weighted by molar-refractivity contribution is 0.412. The van der Waals surface area contributed by atoms with Gasteiger partial charge in [0.05, 0.1) is 4.90 Å². The van der Waals surface area contributed by atoms with E-state index >= 15 is 0 Å². The van der Waals surface area contributed by atoms with Crippen LogP contribution < -0.4 is 5.73 Å². The molecule has 17 heavy (non-hydrogen) atoms. The van der Waals surface area contributed by atoms with Gasteiger partial charge >= 0.3 is 0 Å². The highest BCUT2D eigenvalue weighted by atomic mass is 32.2. The summed E-state index contributed by atoms with van der Waals surface area (Å²) < 4.78 is 26.5. The minimum Gasteiger partial charge on any atom is -0.326 e. The monoisotopic (exact) mass is 274 g/mol. The molecule has 0 aromatic carbocycles. The van der Waals surface area contributed by atoms with E-state index in [-0.39, 0.29) is 6.54 Å². The van der Waals surface area contributed by atoms with Crippen LogP contribution in [-0.4, -0.2) is 25.8 Å². The molecule has 0 aliphatic heterocycles. The van der Waals surface area contributed by atoms with Crippen molar-refractivity contribution in [2.45, 2.75) is 31.2 Å². The first-order valence-corrected chi connectivity index (χ1v) is 8.18. The predicted molar refractivity (Wildman–Crippen MR) is 69.4 cm³/mol. The molecular weight excluding hydrogens is 256 g/mol. The van der Waals surface area contributed by atoms with Crippen molar-refractivity contribution in [1.82, 2.24) is 4.31 Å². The van der Waals surface area contributed by atoms with Gasteiger partial charge in [-0.1, -0.05) is 6.92 Å². The molecule has 1 fully saturated rings. The molecular formula is C11H18N2O2S2. The second-order valence-corrected chi connectivity index (χ2v) is 7.22. The van der Waals surface area contributed by atoms with E-state index in [1.165, 1.54) is 11.3 Å². The summed E-state index contributed by atoms with van der Waals surface area (Å²) >= 11 is 1.41. The molecule has 1 aromatic rings. The first-order chi connectivity index (χ1) is 8.09. The molecule has 6 heteroatoms. The van der Waals surface area contributed by atoms with Crippen LogP contribution in [0.1, 0.15) is 24.6 Å². The quantitative estimate of drug-likeness (QED) is 0.857. The highest BCUT2D eigenvalue weighted by Crippen LogP contribution is 2.32. The summed E-state index contributed by atoms with van der Waals surface area (Å²) in [5.74, 6) is 0.560. The predicted octanol–water partition coefficient (Wildman–Crippen LogP) is 1.63. The zero-order valence-electron chi connectivity index (χ0n) is 9.93. The molecule has 2 rings (SSSR count). The Morgan fingerprint density at radius 3 is 2.76 bits per heavy atom. The van der Waals surface area contributed by atoms with Crippen molar-refractivity contribution in [2.75, 3.05) is 13.1 Å². The maximum atomic E-state index is 12.4. The molecule has 96 valence electrons. The van der Waals surface area contributed by atoms with Crippen LogP contribution >= 0.6 is 11.3 Å². The largest absolute Gasteiger partial charge is 0.326 e. The van der Waals surface area contributed by atoms with Crippen LogP contribution in [0.3, 0.4) is 0 Å². The molecule has 1 aliphatic rings. The molecule has 4 nitrogen and oxygen atoms in total. The summed E-state index contributed by atoms with van der Waals surface area (Å²) in [6.07, 6.45) is 2.30. The van der Waals surface area contributed by atoms with Crippen LogP contribution in [0, 0.1) is 5.92 Å². The highest BCUT2D eigenvalue weighted by Gasteiger charge is 2.32. The summed E-state index contributed by atoms with van der Waals surface area (Å²) in [5.41, 5.74) is 5.57.